The van der Waals surface area contributed by atoms with Crippen molar-refractivity contribution in [2.45, 2.75) is 277 Å². The van der Waals surface area contributed by atoms with E-state index in [2.05, 4.69) is 90.0 Å². The van der Waals surface area contributed by atoms with E-state index >= 15 is 0 Å². The number of esters is 19. The lowest BCUT2D eigenvalue weighted by molar-refractivity contribution is -0.141. The van der Waals surface area contributed by atoms with Gasteiger partial charge in [-0.15, -0.1) is 0 Å². The molecule has 0 aliphatic heterocycles. The number of ether oxygens (including phenoxy) is 19. The lowest BCUT2D eigenvalue weighted by atomic mass is 10.6. The van der Waals surface area contributed by atoms with Crippen LogP contribution in [0.25, 0.3) is 0 Å². The number of carbonyl (C=O) groups is 20. The van der Waals surface area contributed by atoms with E-state index in [4.69, 9.17) is 0 Å². The van der Waals surface area contributed by atoms with E-state index in [1.807, 2.05) is 0 Å². The fourth-order valence-electron chi connectivity index (χ4n) is 3.86. The van der Waals surface area contributed by atoms with Gasteiger partial charge in [-0.05, 0) is 145 Å². The molecule has 0 amide bonds. The lowest BCUT2D eigenvalue weighted by Gasteiger charge is -1.89. The van der Waals surface area contributed by atoms with Gasteiger partial charge in [-0.2, -0.15) is 0 Å². The van der Waals surface area contributed by atoms with Gasteiger partial charge in [0, 0.05) is 132 Å². The van der Waals surface area contributed by atoms with Crippen molar-refractivity contribution < 1.29 is 186 Å². The molecule has 0 rings (SSSR count). The van der Waals surface area contributed by atoms with Gasteiger partial charge in [0.05, 0.1) is 126 Å². The van der Waals surface area contributed by atoms with E-state index < -0.39 is 0 Å². The third-order valence-corrected chi connectivity index (χ3v) is 6.60. The Morgan fingerprint density at radius 2 is 0.127 bits per heavy atom. The normalized spacial score (nSPS) is 7.63. The third kappa shape index (κ3) is 532. The summed E-state index contributed by atoms with van der Waals surface area (Å²) in [5.41, 5.74) is 0. The Morgan fingerprint density at radius 1 is 0.102 bits per heavy atom. The maximum absolute atomic E-state index is 9.82. The fraction of sp³-hybridized carbons (Fsp3) is 0.747. The summed E-state index contributed by atoms with van der Waals surface area (Å²) in [6.07, 6.45) is 0. The number of rotatable bonds is 19. The molecule has 0 aliphatic rings. The first-order valence-corrected chi connectivity index (χ1v) is 37.4. The van der Waals surface area contributed by atoms with Crippen LogP contribution in [0.3, 0.4) is 0 Å². The number of carbonyl (C=O) groups excluding carboxylic acids is 20. The Bertz CT molecular complexity index is 1690. The summed E-state index contributed by atoms with van der Waals surface area (Å²) < 4.78 is 83.7. The van der Waals surface area contributed by atoms with Crippen molar-refractivity contribution in [2.75, 3.05) is 126 Å². The zero-order valence-corrected chi connectivity index (χ0v) is 79.4. The lowest BCUT2D eigenvalue weighted by Crippen LogP contribution is -1.95. The summed E-state index contributed by atoms with van der Waals surface area (Å²) in [4.78, 5) is 196. The molecule has 39 heteroatoms. The molecule has 118 heavy (non-hydrogen) atoms. The monoisotopic (exact) mass is 1730 g/mol. The number of hydrogen-bond donors (Lipinski definition) is 0. The second kappa shape index (κ2) is 155. The fourth-order valence-corrected chi connectivity index (χ4v) is 3.86. The van der Waals surface area contributed by atoms with E-state index in [-0.39, 0.29) is 119 Å². The molecule has 0 bridgehead atoms. The molecule has 0 aliphatic carbocycles. The van der Waals surface area contributed by atoms with Gasteiger partial charge < -0.3 is 94.8 Å². The topological polar surface area (TPSA) is 517 Å². The van der Waals surface area contributed by atoms with Crippen molar-refractivity contribution in [3.8, 4) is 0 Å². The molecular weight excluding hydrogens is 1570 g/mol. The summed E-state index contributed by atoms with van der Waals surface area (Å²) in [5, 5.41) is 0. The maximum Gasteiger partial charge on any atom is 0.302 e. The van der Waals surface area contributed by atoms with Gasteiger partial charge in [0.2, 0.25) is 0 Å². The second-order valence-electron chi connectivity index (χ2n) is 18.5. The van der Waals surface area contributed by atoms with Gasteiger partial charge in [0.15, 0.2) is 0 Å². The Balaban J connectivity index is -0.0000000476. The first-order chi connectivity index (χ1) is 54.4. The first kappa shape index (κ1) is 159. The highest BCUT2D eigenvalue weighted by Crippen LogP contribution is 1.79. The van der Waals surface area contributed by atoms with E-state index in [1.54, 1.807) is 132 Å². The first-order valence-electron chi connectivity index (χ1n) is 37.4. The van der Waals surface area contributed by atoms with Gasteiger partial charge in [0.25, 0.3) is 0 Å². The van der Waals surface area contributed by atoms with Crippen molar-refractivity contribution in [3.05, 3.63) is 0 Å². The summed E-state index contributed by atoms with van der Waals surface area (Å²) in [6.45, 7) is 72.5. The highest BCUT2D eigenvalue weighted by atomic mass is 16.6. The Kier molecular flexibility index (Phi) is 209. The highest BCUT2D eigenvalue weighted by molar-refractivity contribution is 5.72. The Morgan fingerprint density at radius 3 is 0.127 bits per heavy atom. The molecular formula is C79H158O39. The Hall–Kier alpha value is -10.4. The highest BCUT2D eigenvalue weighted by Gasteiger charge is 1.91. The van der Waals surface area contributed by atoms with Crippen LogP contribution in [0.4, 0.5) is 0 Å². The predicted molar refractivity (Wildman–Crippen MR) is 440 cm³/mol. The molecule has 0 spiro atoms. The van der Waals surface area contributed by atoms with Gasteiger partial charge in [-0.25, -0.2) is 0 Å². The third-order valence-electron chi connectivity index (χ3n) is 6.60. The van der Waals surface area contributed by atoms with Crippen molar-refractivity contribution >= 4 is 119 Å². The summed E-state index contributed by atoms with van der Waals surface area (Å²) >= 11 is 0. The van der Waals surface area contributed by atoms with Crippen LogP contribution in [0.1, 0.15) is 277 Å². The predicted octanol–water partition coefficient (Wildman–Crippen LogP) is 11.4. The van der Waals surface area contributed by atoms with Gasteiger partial charge in [0.1, 0.15) is 5.78 Å². The van der Waals surface area contributed by atoms with Crippen molar-refractivity contribution in [1.82, 2.24) is 0 Å². The van der Waals surface area contributed by atoms with E-state index in [9.17, 15) is 95.9 Å². The second-order valence-corrected chi connectivity index (χ2v) is 18.5. The van der Waals surface area contributed by atoms with Gasteiger partial charge in [-0.1, -0.05) is 0 Å². The number of ketones is 1. The van der Waals surface area contributed by atoms with Crippen molar-refractivity contribution in [2.24, 2.45) is 0 Å². The molecule has 0 saturated carbocycles. The maximum atomic E-state index is 9.82. The van der Waals surface area contributed by atoms with Crippen LogP contribution in [0.5, 0.6) is 0 Å². The molecule has 0 fully saturated rings. The van der Waals surface area contributed by atoms with Gasteiger partial charge in [-0.3, -0.25) is 91.1 Å². The summed E-state index contributed by atoms with van der Waals surface area (Å²) in [6, 6.07) is 0. The SMILES string of the molecule is CC(C)=O.CCOC(C)=O.CCOC(C)=O.CCOC(C)=O.CCOC(C)=O.CCOC(C)=O.CCOC(C)=O.CCOC(C)=O.CCOC(C)=O.CCOC(C)=O.CCOC(C)=O.CCOC(C)=O.CCOC(C)=O.CCOC(C)=O.CCOC(C)=O.CCOC(C)=O.CCOC(C)=O.CCOC(C)=O.CCOC(C)=O.CCOC(C)=O. The van der Waals surface area contributed by atoms with Crippen LogP contribution < -0.4 is 0 Å². The minimum Gasteiger partial charge on any atom is -0.466 e. The van der Waals surface area contributed by atoms with Crippen LogP contribution in [0, 0.1) is 0 Å². The molecule has 39 nitrogen and oxygen atoms in total. The average Bonchev–Trinajstić information content (AvgIpc) is 3.74. The quantitative estimate of drug-likeness (QED) is 0.0856. The van der Waals surface area contributed by atoms with E-state index in [0.29, 0.717) is 126 Å². The van der Waals surface area contributed by atoms with Crippen LogP contribution in [-0.2, 0) is 186 Å². The number of Topliss-reactive ketones (excluding diaryl/α,β-unsaturated/α-hetero) is 1. The standard InChI is InChI=1S/19C4H8O2.C3H6O/c19*1-3-6-4(2)5;1-3(2)4/h19*3H2,1-2H3;1-2H3. The zero-order valence-electron chi connectivity index (χ0n) is 79.4. The molecule has 0 aromatic heterocycles. The van der Waals surface area contributed by atoms with Crippen LogP contribution in [0.2, 0.25) is 0 Å². The molecule has 0 unspecified atom stereocenters. The van der Waals surface area contributed by atoms with Crippen molar-refractivity contribution in [1.29, 1.82) is 0 Å². The van der Waals surface area contributed by atoms with Gasteiger partial charge >= 0.3 is 113 Å². The molecule has 0 aromatic rings. The molecule has 0 radical (unpaired) electrons. The van der Waals surface area contributed by atoms with E-state index in [0.717, 1.165) is 0 Å². The molecule has 708 valence electrons. The Labute approximate surface area is 705 Å². The average molecular weight is 1730 g/mol. The molecule has 0 heterocycles. The minimum absolute atomic E-state index is 0.167. The smallest absolute Gasteiger partial charge is 0.302 e. The number of hydrogen-bond acceptors (Lipinski definition) is 39. The molecule has 0 N–H and O–H groups in total. The zero-order chi connectivity index (χ0) is 98.4. The van der Waals surface area contributed by atoms with E-state index in [1.165, 1.54) is 145 Å². The largest absolute Gasteiger partial charge is 0.466 e. The molecule has 0 saturated heterocycles. The minimum atomic E-state index is -0.211. The van der Waals surface area contributed by atoms with Crippen LogP contribution in [-0.4, -0.2) is 245 Å². The van der Waals surface area contributed by atoms with Crippen LogP contribution in [0.15, 0.2) is 0 Å². The van der Waals surface area contributed by atoms with Crippen molar-refractivity contribution in [3.63, 3.8) is 0 Å². The van der Waals surface area contributed by atoms with Crippen LogP contribution >= 0.6 is 0 Å². The molecule has 0 aromatic carbocycles. The summed E-state index contributed by atoms with van der Waals surface area (Å²) in [7, 11) is 0. The molecule has 0 atom stereocenters. The summed E-state index contributed by atoms with van der Waals surface area (Å²) in [5.74, 6) is -3.84.